The van der Waals surface area contributed by atoms with E-state index in [1.54, 1.807) is 18.3 Å². The van der Waals surface area contributed by atoms with Gasteiger partial charge in [0.2, 0.25) is 0 Å². The molecule has 0 aliphatic rings. The normalized spacial score (nSPS) is 12.5. The van der Waals surface area contributed by atoms with Gasteiger partial charge in [-0.3, -0.25) is 4.98 Å². The fraction of sp³-hybridized carbons (Fsp3) is 0.0769. The number of nitrogens with one attached hydrogen (secondary N) is 1. The third-order valence-corrected chi connectivity index (χ3v) is 2.75. The molecule has 2 rings (SSSR count). The quantitative estimate of drug-likeness (QED) is 0.873. The molecule has 0 saturated heterocycles. The van der Waals surface area contributed by atoms with Gasteiger partial charge in [0, 0.05) is 23.6 Å². The molecule has 0 bridgehead atoms. The van der Waals surface area contributed by atoms with Crippen LogP contribution in [0.3, 0.4) is 0 Å². The molecule has 102 valence electrons. The number of anilines is 1. The van der Waals surface area contributed by atoms with Crippen LogP contribution >= 0.6 is 0 Å². The average molecular weight is 276 g/mol. The van der Waals surface area contributed by atoms with Crippen LogP contribution < -0.4 is 10.8 Å². The van der Waals surface area contributed by atoms with Crippen LogP contribution in [0.5, 0.6) is 0 Å². The fourth-order valence-electron chi connectivity index (χ4n) is 1.70. The molecule has 1 atom stereocenters. The van der Waals surface area contributed by atoms with E-state index < -0.39 is 18.5 Å². The molecule has 0 radical (unpaired) electrons. The summed E-state index contributed by atoms with van der Waals surface area (Å²) in [6.45, 7) is -5.00. The van der Waals surface area contributed by atoms with Gasteiger partial charge < -0.3 is 18.3 Å². The smallest absolute Gasteiger partial charge is 0.445 e. The number of aromatic nitrogens is 1. The van der Waals surface area contributed by atoms with Gasteiger partial charge in [0.1, 0.15) is 6.04 Å². The van der Waals surface area contributed by atoms with E-state index in [1.165, 1.54) is 18.3 Å². The zero-order valence-electron chi connectivity index (χ0n) is 10.3. The lowest BCUT2D eigenvalue weighted by atomic mass is 9.80. The first-order valence-corrected chi connectivity index (χ1v) is 5.86. The third-order valence-electron chi connectivity index (χ3n) is 2.75. The highest BCUT2D eigenvalue weighted by molar-refractivity contribution is 6.73. The first-order chi connectivity index (χ1) is 9.50. The molecule has 0 fully saturated rings. The summed E-state index contributed by atoms with van der Waals surface area (Å²) in [6.07, 6.45) is 3.12. The molecule has 0 aliphatic heterocycles. The number of rotatable bonds is 4. The van der Waals surface area contributed by atoms with Gasteiger partial charge >= 0.3 is 6.98 Å². The van der Waals surface area contributed by atoms with Gasteiger partial charge in [0.25, 0.3) is 0 Å². The van der Waals surface area contributed by atoms with Crippen LogP contribution in [0.15, 0.2) is 48.8 Å². The van der Waals surface area contributed by atoms with Crippen LogP contribution in [0.1, 0.15) is 11.6 Å². The van der Waals surface area contributed by atoms with Gasteiger partial charge in [-0.05, 0) is 18.2 Å². The standard InChI is InChI=1S/C13H10BF3N3/c15-14(16,17)11-3-5-12(6-4-11)20-13(8-18)10-2-1-7-19-9-10/h1-7,9,13,20H/q-1. The number of nitrogens with zero attached hydrogens (tertiary/aromatic N) is 2. The SMILES string of the molecule is N#CC(Nc1ccc([B-](F)(F)F)cc1)c1cccnc1. The number of nitriles is 1. The first kappa shape index (κ1) is 13.9. The van der Waals surface area contributed by atoms with Crippen molar-refractivity contribution in [2.24, 2.45) is 0 Å². The topological polar surface area (TPSA) is 48.7 Å². The maximum Gasteiger partial charge on any atom is 0.509 e. The Labute approximate surface area is 114 Å². The average Bonchev–Trinajstić information content (AvgIpc) is 2.45. The fourth-order valence-corrected chi connectivity index (χ4v) is 1.70. The van der Waals surface area contributed by atoms with Crippen molar-refractivity contribution in [3.05, 3.63) is 54.4 Å². The van der Waals surface area contributed by atoms with E-state index in [0.717, 1.165) is 12.1 Å². The molecular formula is C13H10BF3N3-. The molecular weight excluding hydrogens is 266 g/mol. The number of pyridine rings is 1. The summed E-state index contributed by atoms with van der Waals surface area (Å²) < 4.78 is 37.5. The Balaban J connectivity index is 2.15. The summed E-state index contributed by atoms with van der Waals surface area (Å²) in [6, 6.07) is 9.42. The van der Waals surface area contributed by atoms with E-state index >= 15 is 0 Å². The summed E-state index contributed by atoms with van der Waals surface area (Å²) in [5.74, 6) is 0. The van der Waals surface area contributed by atoms with E-state index in [4.69, 9.17) is 5.26 Å². The van der Waals surface area contributed by atoms with Crippen molar-refractivity contribution in [2.75, 3.05) is 5.32 Å². The summed E-state index contributed by atoms with van der Waals surface area (Å²) >= 11 is 0. The molecule has 3 nitrogen and oxygen atoms in total. The molecule has 0 amide bonds. The van der Waals surface area contributed by atoms with Crippen molar-refractivity contribution in [1.29, 1.82) is 5.26 Å². The van der Waals surface area contributed by atoms with E-state index in [2.05, 4.69) is 10.3 Å². The molecule has 1 aromatic carbocycles. The third kappa shape index (κ3) is 3.29. The van der Waals surface area contributed by atoms with Gasteiger partial charge in [0.05, 0.1) is 6.07 Å². The van der Waals surface area contributed by atoms with Gasteiger partial charge in [-0.15, -0.1) is 5.46 Å². The van der Waals surface area contributed by atoms with Crippen molar-refractivity contribution in [3.63, 3.8) is 0 Å². The van der Waals surface area contributed by atoms with Crippen LogP contribution in [0.25, 0.3) is 0 Å². The lowest BCUT2D eigenvalue weighted by Gasteiger charge is -2.17. The minimum Gasteiger partial charge on any atom is -0.445 e. The molecule has 1 aromatic heterocycles. The summed E-state index contributed by atoms with van der Waals surface area (Å²) in [5.41, 5.74) is 0.439. The molecule has 1 heterocycles. The maximum absolute atomic E-state index is 12.5. The van der Waals surface area contributed by atoms with Crippen molar-refractivity contribution in [2.45, 2.75) is 6.04 Å². The summed E-state index contributed by atoms with van der Waals surface area (Å²) in [5, 5.41) is 12.0. The lowest BCUT2D eigenvalue weighted by Crippen LogP contribution is -2.33. The highest BCUT2D eigenvalue weighted by Gasteiger charge is 2.25. The molecule has 2 aromatic rings. The summed E-state index contributed by atoms with van der Waals surface area (Å²) in [7, 11) is 0. The largest absolute Gasteiger partial charge is 0.509 e. The van der Waals surface area contributed by atoms with Crippen LogP contribution in [0, 0.1) is 11.3 Å². The van der Waals surface area contributed by atoms with Gasteiger partial charge in [-0.25, -0.2) is 0 Å². The van der Waals surface area contributed by atoms with Crippen LogP contribution in [0.4, 0.5) is 18.6 Å². The number of hydrogen-bond acceptors (Lipinski definition) is 3. The zero-order valence-corrected chi connectivity index (χ0v) is 10.3. The molecule has 0 aliphatic carbocycles. The highest BCUT2D eigenvalue weighted by atomic mass is 19.4. The Morgan fingerprint density at radius 2 is 1.85 bits per heavy atom. The summed E-state index contributed by atoms with van der Waals surface area (Å²) in [4.78, 5) is 3.90. The minimum atomic E-state index is -5.00. The van der Waals surface area contributed by atoms with Gasteiger partial charge in [-0.2, -0.15) is 5.26 Å². The molecule has 1 N–H and O–H groups in total. The zero-order chi connectivity index (χ0) is 14.6. The van der Waals surface area contributed by atoms with Crippen molar-refractivity contribution in [3.8, 4) is 6.07 Å². The molecule has 0 saturated carbocycles. The first-order valence-electron chi connectivity index (χ1n) is 5.86. The second-order valence-corrected chi connectivity index (χ2v) is 4.19. The molecule has 0 spiro atoms. The molecule has 7 heteroatoms. The highest BCUT2D eigenvalue weighted by Crippen LogP contribution is 2.18. The number of halogens is 3. The Morgan fingerprint density at radius 1 is 1.15 bits per heavy atom. The van der Waals surface area contributed by atoms with Gasteiger partial charge in [0.15, 0.2) is 0 Å². The Hall–Kier alpha value is -2.49. The van der Waals surface area contributed by atoms with Crippen molar-refractivity contribution < 1.29 is 12.9 Å². The van der Waals surface area contributed by atoms with E-state index in [-0.39, 0.29) is 0 Å². The predicted octanol–water partition coefficient (Wildman–Crippen LogP) is 2.81. The van der Waals surface area contributed by atoms with E-state index in [1.807, 2.05) is 6.07 Å². The Bertz CT molecular complexity index is 605. The number of hydrogen-bond donors (Lipinski definition) is 1. The Morgan fingerprint density at radius 3 is 2.35 bits per heavy atom. The molecule has 1 unspecified atom stereocenters. The van der Waals surface area contributed by atoms with Crippen molar-refractivity contribution in [1.82, 2.24) is 4.98 Å². The molecule has 20 heavy (non-hydrogen) atoms. The van der Waals surface area contributed by atoms with Crippen LogP contribution in [-0.4, -0.2) is 12.0 Å². The second-order valence-electron chi connectivity index (χ2n) is 4.19. The Kier molecular flexibility index (Phi) is 3.94. The predicted molar refractivity (Wildman–Crippen MR) is 71.4 cm³/mol. The van der Waals surface area contributed by atoms with E-state index in [9.17, 15) is 12.9 Å². The van der Waals surface area contributed by atoms with Crippen molar-refractivity contribution >= 4 is 18.1 Å². The van der Waals surface area contributed by atoms with Crippen LogP contribution in [-0.2, 0) is 0 Å². The van der Waals surface area contributed by atoms with E-state index in [0.29, 0.717) is 11.3 Å². The number of benzene rings is 1. The maximum atomic E-state index is 12.5. The lowest BCUT2D eigenvalue weighted by molar-refractivity contribution is 0.501. The monoisotopic (exact) mass is 276 g/mol. The van der Waals surface area contributed by atoms with Crippen LogP contribution in [0.2, 0.25) is 0 Å². The second kappa shape index (κ2) is 5.65. The van der Waals surface area contributed by atoms with Gasteiger partial charge in [-0.1, -0.05) is 18.2 Å². The minimum absolute atomic E-state index is 0.448.